The molecular formula is C25H27N5O3. The molecule has 1 aromatic heterocycles. The van der Waals surface area contributed by atoms with Gasteiger partial charge in [-0.2, -0.15) is 4.98 Å². The van der Waals surface area contributed by atoms with E-state index in [1.165, 1.54) is 13.5 Å². The van der Waals surface area contributed by atoms with Crippen LogP contribution in [0.25, 0.3) is 11.1 Å². The van der Waals surface area contributed by atoms with Crippen molar-refractivity contribution in [2.24, 2.45) is 5.16 Å². The van der Waals surface area contributed by atoms with Crippen LogP contribution in [0.3, 0.4) is 0 Å². The first-order chi connectivity index (χ1) is 16.2. The van der Waals surface area contributed by atoms with E-state index in [9.17, 15) is 4.79 Å². The van der Waals surface area contributed by atoms with Gasteiger partial charge in [-0.15, -0.1) is 0 Å². The van der Waals surface area contributed by atoms with Crippen LogP contribution in [0.4, 0.5) is 6.01 Å². The summed E-state index contributed by atoms with van der Waals surface area (Å²) < 4.78 is 5.57. The molecule has 0 aliphatic carbocycles. The number of oxime groups is 1. The van der Waals surface area contributed by atoms with Crippen LogP contribution in [0.1, 0.15) is 47.9 Å². The Labute approximate surface area is 192 Å². The molecule has 3 aromatic rings. The van der Waals surface area contributed by atoms with Crippen molar-refractivity contribution in [1.82, 2.24) is 15.0 Å². The summed E-state index contributed by atoms with van der Waals surface area (Å²) in [5.41, 5.74) is 3.57. The van der Waals surface area contributed by atoms with E-state index in [0.29, 0.717) is 30.4 Å². The molecule has 2 fully saturated rings. The number of amides is 1. The predicted octanol–water partition coefficient (Wildman–Crippen LogP) is 4.32. The summed E-state index contributed by atoms with van der Waals surface area (Å²) in [6, 6.07) is 18.0. The first-order valence-corrected chi connectivity index (χ1v) is 11.4. The molecule has 1 atom stereocenters. The lowest BCUT2D eigenvalue weighted by molar-refractivity contribution is 0.0732. The zero-order chi connectivity index (χ0) is 22.6. The minimum absolute atomic E-state index is 0.0924. The van der Waals surface area contributed by atoms with E-state index >= 15 is 0 Å². The number of rotatable bonds is 5. The summed E-state index contributed by atoms with van der Waals surface area (Å²) in [6.45, 7) is 2.20. The van der Waals surface area contributed by atoms with Gasteiger partial charge in [-0.05, 0) is 42.5 Å². The number of benzene rings is 2. The SMILES string of the molecule is CON=C1C[C@@H](c2noc(N3CCCCC3)n2)N(C(=O)c2ccc(-c3ccccc3)cc2)C1. The largest absolute Gasteiger partial charge is 0.399 e. The minimum Gasteiger partial charge on any atom is -0.399 e. The van der Waals surface area contributed by atoms with Crippen LogP contribution in [0, 0.1) is 0 Å². The van der Waals surface area contributed by atoms with Gasteiger partial charge in [-0.3, -0.25) is 4.79 Å². The highest BCUT2D eigenvalue weighted by molar-refractivity contribution is 6.00. The van der Waals surface area contributed by atoms with Gasteiger partial charge in [0, 0.05) is 25.1 Å². The summed E-state index contributed by atoms with van der Waals surface area (Å²) in [6.07, 6.45) is 3.98. The van der Waals surface area contributed by atoms with E-state index in [1.54, 1.807) is 4.90 Å². The first-order valence-electron chi connectivity index (χ1n) is 11.4. The number of piperidine rings is 1. The van der Waals surface area contributed by atoms with E-state index in [0.717, 1.165) is 42.8 Å². The topological polar surface area (TPSA) is 84.1 Å². The van der Waals surface area contributed by atoms with Crippen LogP contribution in [0.2, 0.25) is 0 Å². The maximum Gasteiger partial charge on any atom is 0.324 e. The Balaban J connectivity index is 1.38. The molecule has 0 bridgehead atoms. The smallest absolute Gasteiger partial charge is 0.324 e. The fourth-order valence-electron chi connectivity index (χ4n) is 4.52. The fourth-order valence-corrected chi connectivity index (χ4v) is 4.52. The maximum atomic E-state index is 13.5. The van der Waals surface area contributed by atoms with Crippen molar-refractivity contribution < 1.29 is 14.2 Å². The Morgan fingerprint density at radius 1 is 1.03 bits per heavy atom. The van der Waals surface area contributed by atoms with Crippen molar-refractivity contribution in [1.29, 1.82) is 0 Å². The van der Waals surface area contributed by atoms with Crippen LogP contribution in [-0.2, 0) is 4.84 Å². The Kier molecular flexibility index (Phi) is 6.06. The van der Waals surface area contributed by atoms with E-state index in [-0.39, 0.29) is 11.9 Å². The number of anilines is 1. The molecule has 2 aliphatic heterocycles. The van der Waals surface area contributed by atoms with E-state index in [4.69, 9.17) is 9.36 Å². The molecule has 0 radical (unpaired) electrons. The Morgan fingerprint density at radius 2 is 1.76 bits per heavy atom. The average Bonchev–Trinajstić information content (AvgIpc) is 3.53. The Hall–Kier alpha value is -3.68. The molecule has 8 heteroatoms. The highest BCUT2D eigenvalue weighted by atomic mass is 16.6. The van der Waals surface area contributed by atoms with Crippen molar-refractivity contribution >= 4 is 17.6 Å². The van der Waals surface area contributed by atoms with Crippen LogP contribution < -0.4 is 4.90 Å². The number of carbonyl (C=O) groups excluding carboxylic acids is 1. The third kappa shape index (κ3) is 4.46. The molecular weight excluding hydrogens is 418 g/mol. The Morgan fingerprint density at radius 3 is 2.48 bits per heavy atom. The van der Waals surface area contributed by atoms with Crippen molar-refractivity contribution in [3.8, 4) is 11.1 Å². The highest BCUT2D eigenvalue weighted by Crippen LogP contribution is 2.32. The van der Waals surface area contributed by atoms with E-state index in [2.05, 4.69) is 32.3 Å². The number of carbonyl (C=O) groups is 1. The number of likely N-dealkylation sites (tertiary alicyclic amines) is 1. The van der Waals surface area contributed by atoms with Crippen LogP contribution in [0.5, 0.6) is 0 Å². The summed E-state index contributed by atoms with van der Waals surface area (Å²) in [5, 5.41) is 8.33. The molecule has 0 unspecified atom stereocenters. The molecule has 2 saturated heterocycles. The van der Waals surface area contributed by atoms with Crippen molar-refractivity contribution in [2.45, 2.75) is 31.7 Å². The summed E-state index contributed by atoms with van der Waals surface area (Å²) in [5.74, 6) is 0.413. The van der Waals surface area contributed by atoms with Gasteiger partial charge < -0.3 is 19.2 Å². The summed E-state index contributed by atoms with van der Waals surface area (Å²) >= 11 is 0. The molecule has 2 aromatic carbocycles. The van der Waals surface area contributed by atoms with Gasteiger partial charge >= 0.3 is 6.01 Å². The van der Waals surface area contributed by atoms with Gasteiger partial charge in [0.1, 0.15) is 13.2 Å². The second-order valence-corrected chi connectivity index (χ2v) is 8.42. The lowest BCUT2D eigenvalue weighted by Gasteiger charge is -2.24. The van der Waals surface area contributed by atoms with Gasteiger partial charge in [0.2, 0.25) is 0 Å². The third-order valence-corrected chi connectivity index (χ3v) is 6.23. The molecule has 8 nitrogen and oxygen atoms in total. The fraction of sp³-hybridized carbons (Fsp3) is 0.360. The molecule has 33 heavy (non-hydrogen) atoms. The van der Waals surface area contributed by atoms with Gasteiger partial charge in [0.25, 0.3) is 5.91 Å². The van der Waals surface area contributed by atoms with Gasteiger partial charge in [0.15, 0.2) is 5.82 Å². The molecule has 0 saturated carbocycles. The molecule has 1 amide bonds. The van der Waals surface area contributed by atoms with Crippen LogP contribution in [0.15, 0.2) is 64.3 Å². The van der Waals surface area contributed by atoms with Gasteiger partial charge in [-0.1, -0.05) is 52.8 Å². The molecule has 0 spiro atoms. The molecule has 2 aliphatic rings. The number of hydrogen-bond acceptors (Lipinski definition) is 7. The zero-order valence-electron chi connectivity index (χ0n) is 18.7. The predicted molar refractivity (Wildman–Crippen MR) is 125 cm³/mol. The van der Waals surface area contributed by atoms with Crippen LogP contribution >= 0.6 is 0 Å². The third-order valence-electron chi connectivity index (χ3n) is 6.23. The second kappa shape index (κ2) is 9.44. The van der Waals surface area contributed by atoms with Gasteiger partial charge in [0.05, 0.1) is 12.3 Å². The normalized spacial score (nSPS) is 19.8. The lowest BCUT2D eigenvalue weighted by Crippen LogP contribution is -2.32. The zero-order valence-corrected chi connectivity index (χ0v) is 18.7. The van der Waals surface area contributed by atoms with E-state index < -0.39 is 0 Å². The quantitative estimate of drug-likeness (QED) is 0.544. The Bertz CT molecular complexity index is 1120. The van der Waals surface area contributed by atoms with Crippen molar-refractivity contribution in [3.05, 3.63) is 66.0 Å². The highest BCUT2D eigenvalue weighted by Gasteiger charge is 2.38. The molecule has 5 rings (SSSR count). The average molecular weight is 446 g/mol. The number of aromatic nitrogens is 2. The van der Waals surface area contributed by atoms with Gasteiger partial charge in [-0.25, -0.2) is 0 Å². The van der Waals surface area contributed by atoms with E-state index in [1.807, 2.05) is 42.5 Å². The first kappa shape index (κ1) is 21.2. The molecule has 3 heterocycles. The molecule has 0 N–H and O–H groups in total. The monoisotopic (exact) mass is 445 g/mol. The summed E-state index contributed by atoms with van der Waals surface area (Å²) in [7, 11) is 1.51. The number of nitrogens with zero attached hydrogens (tertiary/aromatic N) is 5. The summed E-state index contributed by atoms with van der Waals surface area (Å²) in [4.78, 5) is 27.0. The minimum atomic E-state index is -0.345. The van der Waals surface area contributed by atoms with Crippen LogP contribution in [-0.4, -0.2) is 53.4 Å². The second-order valence-electron chi connectivity index (χ2n) is 8.42. The standard InChI is InChI=1S/C25H27N5O3/c1-32-27-21-16-22(23-26-25(33-28-23)29-14-6-3-7-15-29)30(17-21)24(31)20-12-10-19(11-13-20)18-8-4-2-5-9-18/h2,4-5,8-13,22H,3,6-7,14-17H2,1H3/t22-/m0/s1. The lowest BCUT2D eigenvalue weighted by atomic mass is 10.0. The molecule has 170 valence electrons. The number of hydrogen-bond donors (Lipinski definition) is 0. The van der Waals surface area contributed by atoms with Crippen molar-refractivity contribution in [2.75, 3.05) is 31.6 Å². The van der Waals surface area contributed by atoms with Crippen molar-refractivity contribution in [3.63, 3.8) is 0 Å². The maximum absolute atomic E-state index is 13.5.